The summed E-state index contributed by atoms with van der Waals surface area (Å²) in [6.07, 6.45) is 0.218. The second-order valence-corrected chi connectivity index (χ2v) is 3.65. The Morgan fingerprint density at radius 1 is 1.38 bits per heavy atom. The highest BCUT2D eigenvalue weighted by molar-refractivity contribution is 5.72. The van der Waals surface area contributed by atoms with Crippen LogP contribution in [0.3, 0.4) is 0 Å². The fourth-order valence-electron chi connectivity index (χ4n) is 1.69. The van der Waals surface area contributed by atoms with Crippen LogP contribution in [0, 0.1) is 22.7 Å². The van der Waals surface area contributed by atoms with E-state index in [9.17, 15) is 4.79 Å². The van der Waals surface area contributed by atoms with Crippen LogP contribution in [0.25, 0.3) is 0 Å². The molecule has 0 spiro atoms. The topological polar surface area (TPSA) is 97.4 Å². The van der Waals surface area contributed by atoms with Crippen LogP contribution in [0.15, 0.2) is 0 Å². The number of carboxylic acids is 1. The second kappa shape index (κ2) is 6.06. The molecule has 86 valence electrons. The molecule has 0 aromatic rings. The largest absolute Gasteiger partial charge is 0.479 e. The Morgan fingerprint density at radius 2 is 2.00 bits per heavy atom. The van der Waals surface area contributed by atoms with Crippen LogP contribution in [-0.2, 0) is 9.53 Å². The van der Waals surface area contributed by atoms with Crippen molar-refractivity contribution in [2.75, 3.05) is 19.6 Å². The molecule has 6 nitrogen and oxygen atoms in total. The molecule has 16 heavy (non-hydrogen) atoms. The van der Waals surface area contributed by atoms with Gasteiger partial charge < -0.3 is 9.84 Å². The number of hydrogen-bond donors (Lipinski definition) is 1. The van der Waals surface area contributed by atoms with E-state index in [-0.39, 0.29) is 19.2 Å². The molecule has 2 unspecified atom stereocenters. The van der Waals surface area contributed by atoms with Crippen LogP contribution in [0.5, 0.6) is 0 Å². The Bertz CT molecular complexity index is 315. The van der Waals surface area contributed by atoms with Gasteiger partial charge in [-0.05, 0) is 12.8 Å². The first-order valence-electron chi connectivity index (χ1n) is 5.02. The molecule has 0 aliphatic carbocycles. The average molecular weight is 223 g/mol. The Balaban J connectivity index is 2.40. The molecule has 1 rings (SSSR count). The van der Waals surface area contributed by atoms with Gasteiger partial charge in [-0.25, -0.2) is 4.79 Å². The predicted molar refractivity (Wildman–Crippen MR) is 53.2 cm³/mol. The maximum absolute atomic E-state index is 10.6. The molecular formula is C10H13N3O3. The summed E-state index contributed by atoms with van der Waals surface area (Å²) < 4.78 is 5.29. The molecule has 2 atom stereocenters. The highest BCUT2D eigenvalue weighted by atomic mass is 16.5. The minimum Gasteiger partial charge on any atom is -0.479 e. The van der Waals surface area contributed by atoms with E-state index in [4.69, 9.17) is 20.4 Å². The summed E-state index contributed by atoms with van der Waals surface area (Å²) in [5, 5.41) is 25.8. The molecule has 1 saturated heterocycles. The number of carboxylic acid groups (broad SMARTS) is 1. The molecule has 0 aromatic heterocycles. The lowest BCUT2D eigenvalue weighted by Gasteiger charge is -2.19. The van der Waals surface area contributed by atoms with Crippen LogP contribution in [0.2, 0.25) is 0 Å². The van der Waals surface area contributed by atoms with Gasteiger partial charge in [0.25, 0.3) is 0 Å². The maximum Gasteiger partial charge on any atom is 0.332 e. The monoisotopic (exact) mass is 223 g/mol. The minimum atomic E-state index is -0.949. The van der Waals surface area contributed by atoms with Crippen molar-refractivity contribution in [3.05, 3.63) is 0 Å². The van der Waals surface area contributed by atoms with Gasteiger partial charge in [0, 0.05) is 6.54 Å². The number of nitriles is 2. The Labute approximate surface area is 93.6 Å². The van der Waals surface area contributed by atoms with Crippen molar-refractivity contribution >= 4 is 5.97 Å². The third-order valence-corrected chi connectivity index (χ3v) is 2.43. The van der Waals surface area contributed by atoms with Crippen molar-refractivity contribution < 1.29 is 14.6 Å². The van der Waals surface area contributed by atoms with Crippen LogP contribution in [-0.4, -0.2) is 47.8 Å². The zero-order valence-electron chi connectivity index (χ0n) is 8.80. The molecule has 1 fully saturated rings. The third kappa shape index (κ3) is 3.50. The Kier molecular flexibility index (Phi) is 4.71. The number of nitrogens with zero attached hydrogens (tertiary/aromatic N) is 3. The van der Waals surface area contributed by atoms with Gasteiger partial charge in [0.2, 0.25) is 0 Å². The summed E-state index contributed by atoms with van der Waals surface area (Å²) in [5.41, 5.74) is 0. The van der Waals surface area contributed by atoms with E-state index in [1.807, 2.05) is 12.1 Å². The van der Waals surface area contributed by atoms with Crippen LogP contribution in [0.4, 0.5) is 0 Å². The predicted octanol–water partition coefficient (Wildman–Crippen LogP) is -0.0322. The van der Waals surface area contributed by atoms with Crippen molar-refractivity contribution in [2.45, 2.75) is 25.0 Å². The van der Waals surface area contributed by atoms with E-state index in [0.717, 1.165) is 0 Å². The average Bonchev–Trinajstić information content (AvgIpc) is 2.67. The molecule has 0 aromatic carbocycles. The standard InChI is InChI=1S/C10H13N3O3/c11-3-5-13(6-4-12)7-8-1-2-9(16-8)10(14)15/h8-9H,1-2,5-7H2,(H,14,15). The summed E-state index contributed by atoms with van der Waals surface area (Å²) in [5.74, 6) is -0.949. The minimum absolute atomic E-state index is 0.158. The molecule has 0 radical (unpaired) electrons. The van der Waals surface area contributed by atoms with Crippen LogP contribution < -0.4 is 0 Å². The van der Waals surface area contributed by atoms with Gasteiger partial charge in [-0.1, -0.05) is 0 Å². The lowest BCUT2D eigenvalue weighted by atomic mass is 10.2. The van der Waals surface area contributed by atoms with Crippen LogP contribution >= 0.6 is 0 Å². The fraction of sp³-hybridized carbons (Fsp3) is 0.700. The summed E-state index contributed by atoms with van der Waals surface area (Å²) in [6.45, 7) is 0.751. The summed E-state index contributed by atoms with van der Waals surface area (Å²) in [4.78, 5) is 12.3. The molecule has 0 bridgehead atoms. The highest BCUT2D eigenvalue weighted by Gasteiger charge is 2.31. The lowest BCUT2D eigenvalue weighted by molar-refractivity contribution is -0.149. The number of ether oxygens (including phenoxy) is 1. The smallest absolute Gasteiger partial charge is 0.332 e. The number of hydrogen-bond acceptors (Lipinski definition) is 5. The second-order valence-electron chi connectivity index (χ2n) is 3.65. The maximum atomic E-state index is 10.6. The van der Waals surface area contributed by atoms with E-state index in [1.165, 1.54) is 0 Å². The van der Waals surface area contributed by atoms with E-state index < -0.39 is 12.1 Å². The Morgan fingerprint density at radius 3 is 2.44 bits per heavy atom. The first kappa shape index (κ1) is 12.4. The molecule has 1 aliphatic rings. The molecule has 0 amide bonds. The van der Waals surface area contributed by atoms with Crippen molar-refractivity contribution in [3.63, 3.8) is 0 Å². The summed E-state index contributed by atoms with van der Waals surface area (Å²) in [6, 6.07) is 3.93. The van der Waals surface area contributed by atoms with Gasteiger partial charge in [-0.3, -0.25) is 4.90 Å². The summed E-state index contributed by atoms with van der Waals surface area (Å²) >= 11 is 0. The van der Waals surface area contributed by atoms with Gasteiger partial charge >= 0.3 is 5.97 Å². The summed E-state index contributed by atoms with van der Waals surface area (Å²) in [7, 11) is 0. The van der Waals surface area contributed by atoms with E-state index in [1.54, 1.807) is 4.90 Å². The SMILES string of the molecule is N#CCN(CC#N)CC1CCC(C(=O)O)O1. The zero-order chi connectivity index (χ0) is 12.0. The molecule has 6 heteroatoms. The fourth-order valence-corrected chi connectivity index (χ4v) is 1.69. The molecule has 0 saturated carbocycles. The normalized spacial score (nSPS) is 23.9. The van der Waals surface area contributed by atoms with Crippen LogP contribution in [0.1, 0.15) is 12.8 Å². The van der Waals surface area contributed by atoms with Gasteiger partial charge in [0.05, 0.1) is 31.3 Å². The van der Waals surface area contributed by atoms with Crippen molar-refractivity contribution in [3.8, 4) is 12.1 Å². The molecule has 1 N–H and O–H groups in total. The zero-order valence-corrected chi connectivity index (χ0v) is 8.80. The van der Waals surface area contributed by atoms with Gasteiger partial charge in [-0.2, -0.15) is 10.5 Å². The first-order chi connectivity index (χ1) is 7.67. The number of aliphatic carboxylic acids is 1. The van der Waals surface area contributed by atoms with Gasteiger partial charge in [0.1, 0.15) is 0 Å². The molecule has 1 heterocycles. The quantitative estimate of drug-likeness (QED) is 0.657. The van der Waals surface area contributed by atoms with E-state index in [2.05, 4.69) is 0 Å². The lowest BCUT2D eigenvalue weighted by Crippen LogP contribution is -2.34. The highest BCUT2D eigenvalue weighted by Crippen LogP contribution is 2.20. The van der Waals surface area contributed by atoms with E-state index >= 15 is 0 Å². The molecule has 1 aliphatic heterocycles. The molecular weight excluding hydrogens is 210 g/mol. The van der Waals surface area contributed by atoms with Crippen molar-refractivity contribution in [1.82, 2.24) is 4.90 Å². The number of carbonyl (C=O) groups is 1. The van der Waals surface area contributed by atoms with E-state index in [0.29, 0.717) is 19.4 Å². The third-order valence-electron chi connectivity index (χ3n) is 2.43. The first-order valence-corrected chi connectivity index (χ1v) is 5.02. The Hall–Kier alpha value is -1.63. The number of rotatable bonds is 5. The van der Waals surface area contributed by atoms with Crippen molar-refractivity contribution in [1.29, 1.82) is 10.5 Å². The van der Waals surface area contributed by atoms with Crippen molar-refractivity contribution in [2.24, 2.45) is 0 Å². The van der Waals surface area contributed by atoms with Gasteiger partial charge in [-0.15, -0.1) is 0 Å². The van der Waals surface area contributed by atoms with Gasteiger partial charge in [0.15, 0.2) is 6.10 Å².